The first-order valence-electron chi connectivity index (χ1n) is 9.05. The van der Waals surface area contributed by atoms with Gasteiger partial charge in [0.15, 0.2) is 0 Å². The Balaban J connectivity index is 1.61. The van der Waals surface area contributed by atoms with Gasteiger partial charge < -0.3 is 10.4 Å². The first kappa shape index (κ1) is 17.8. The molecule has 132 valence electrons. The first-order chi connectivity index (χ1) is 11.7. The second-order valence-electron chi connectivity index (χ2n) is 6.99. The Bertz CT molecular complexity index is 552. The van der Waals surface area contributed by atoms with Crippen molar-refractivity contribution in [2.45, 2.75) is 44.2 Å². The molecule has 1 saturated carbocycles. The summed E-state index contributed by atoms with van der Waals surface area (Å²) in [7, 11) is 0. The monoisotopic (exact) mass is 348 g/mol. The van der Waals surface area contributed by atoms with E-state index in [4.69, 9.17) is 5.11 Å². The summed E-state index contributed by atoms with van der Waals surface area (Å²) in [6.45, 7) is 4.17. The molecule has 1 aliphatic heterocycles. The molecule has 5 heteroatoms. The van der Waals surface area contributed by atoms with Gasteiger partial charge >= 0.3 is 5.97 Å². The van der Waals surface area contributed by atoms with Gasteiger partial charge in [-0.3, -0.25) is 4.90 Å². The lowest BCUT2D eigenvalue weighted by atomic mass is 9.80. The zero-order valence-corrected chi connectivity index (χ0v) is 15.1. The van der Waals surface area contributed by atoms with Crippen LogP contribution in [-0.2, 0) is 6.54 Å². The Kier molecular flexibility index (Phi) is 6.19. The fraction of sp³-hybridized carbons (Fsp3) is 0.632. The second-order valence-corrected chi connectivity index (χ2v) is 8.22. The number of hydrogen-bond acceptors (Lipinski definition) is 4. The summed E-state index contributed by atoms with van der Waals surface area (Å²) in [5.74, 6) is 1.65. The van der Waals surface area contributed by atoms with Crippen LogP contribution in [0.2, 0.25) is 0 Å². The van der Waals surface area contributed by atoms with Gasteiger partial charge in [-0.1, -0.05) is 31.4 Å². The largest absolute Gasteiger partial charge is 0.478 e. The van der Waals surface area contributed by atoms with Gasteiger partial charge in [-0.05, 0) is 30.5 Å². The minimum absolute atomic E-state index is 0.309. The Hall–Kier alpha value is -1.04. The Morgan fingerprint density at radius 3 is 2.67 bits per heavy atom. The maximum absolute atomic E-state index is 11.1. The molecule has 0 unspecified atom stereocenters. The van der Waals surface area contributed by atoms with Crippen molar-refractivity contribution >= 4 is 17.7 Å². The lowest BCUT2D eigenvalue weighted by molar-refractivity contribution is 0.0583. The number of nitrogens with one attached hydrogen (secondary N) is 1. The van der Waals surface area contributed by atoms with E-state index in [2.05, 4.69) is 22.0 Å². The van der Waals surface area contributed by atoms with E-state index in [9.17, 15) is 4.79 Å². The molecule has 1 saturated heterocycles. The third kappa shape index (κ3) is 4.32. The van der Waals surface area contributed by atoms with Gasteiger partial charge in [0.1, 0.15) is 0 Å². The predicted octanol–water partition coefficient (Wildman–Crippen LogP) is 3.23. The van der Waals surface area contributed by atoms with Crippen LogP contribution in [0.5, 0.6) is 0 Å². The molecular weight excluding hydrogens is 320 g/mol. The van der Waals surface area contributed by atoms with Gasteiger partial charge in [-0.2, -0.15) is 11.8 Å². The number of carboxylic acids is 1. The van der Waals surface area contributed by atoms with Gasteiger partial charge in [0.05, 0.1) is 5.56 Å². The predicted molar refractivity (Wildman–Crippen MR) is 99.8 cm³/mol. The fourth-order valence-electron chi connectivity index (χ4n) is 4.11. The topological polar surface area (TPSA) is 52.6 Å². The van der Waals surface area contributed by atoms with Gasteiger partial charge in [0.25, 0.3) is 0 Å². The van der Waals surface area contributed by atoms with Crippen LogP contribution in [0.3, 0.4) is 0 Å². The van der Waals surface area contributed by atoms with Crippen molar-refractivity contribution in [3.8, 4) is 0 Å². The molecule has 1 aromatic rings. The van der Waals surface area contributed by atoms with Crippen molar-refractivity contribution < 1.29 is 9.90 Å². The summed E-state index contributed by atoms with van der Waals surface area (Å²) >= 11 is 2.07. The van der Waals surface area contributed by atoms with Gasteiger partial charge in [0, 0.05) is 43.2 Å². The first-order valence-corrected chi connectivity index (χ1v) is 10.2. The highest BCUT2D eigenvalue weighted by atomic mass is 32.2. The van der Waals surface area contributed by atoms with Crippen molar-refractivity contribution in [3.05, 3.63) is 35.4 Å². The molecule has 2 fully saturated rings. The van der Waals surface area contributed by atoms with Gasteiger partial charge in [0.2, 0.25) is 0 Å². The van der Waals surface area contributed by atoms with Crippen molar-refractivity contribution in [2.24, 2.45) is 0 Å². The maximum Gasteiger partial charge on any atom is 0.335 e. The standard InChI is InChI=1S/C19H28N2O2S/c22-18(23)17-6-4-5-16(13-17)14-20-15-19(7-2-1-3-8-19)21-9-11-24-12-10-21/h4-6,13,20H,1-3,7-12,14-15H2,(H,22,23). The minimum Gasteiger partial charge on any atom is -0.478 e. The summed E-state index contributed by atoms with van der Waals surface area (Å²) in [4.78, 5) is 13.8. The lowest BCUT2D eigenvalue weighted by Gasteiger charge is -2.48. The summed E-state index contributed by atoms with van der Waals surface area (Å²) in [6.07, 6.45) is 6.62. The highest BCUT2D eigenvalue weighted by Gasteiger charge is 2.37. The van der Waals surface area contributed by atoms with Crippen LogP contribution in [0.1, 0.15) is 48.0 Å². The number of benzene rings is 1. The Labute approximate surface area is 149 Å². The summed E-state index contributed by atoms with van der Waals surface area (Å²) < 4.78 is 0. The molecule has 24 heavy (non-hydrogen) atoms. The quantitative estimate of drug-likeness (QED) is 0.827. The van der Waals surface area contributed by atoms with E-state index >= 15 is 0 Å². The third-order valence-electron chi connectivity index (χ3n) is 5.42. The zero-order valence-electron chi connectivity index (χ0n) is 14.3. The van der Waals surface area contributed by atoms with E-state index in [-0.39, 0.29) is 0 Å². The molecule has 0 radical (unpaired) electrons. The summed E-state index contributed by atoms with van der Waals surface area (Å²) in [6, 6.07) is 7.27. The molecular formula is C19H28N2O2S. The number of aromatic carboxylic acids is 1. The molecule has 0 atom stereocenters. The number of carbonyl (C=O) groups is 1. The molecule has 1 aromatic carbocycles. The molecule has 0 amide bonds. The minimum atomic E-state index is -0.855. The van der Waals surface area contributed by atoms with Crippen LogP contribution < -0.4 is 5.32 Å². The highest BCUT2D eigenvalue weighted by molar-refractivity contribution is 7.99. The van der Waals surface area contributed by atoms with E-state index in [1.54, 1.807) is 12.1 Å². The van der Waals surface area contributed by atoms with Gasteiger partial charge in [-0.25, -0.2) is 4.79 Å². The second kappa shape index (κ2) is 8.37. The number of thioether (sulfide) groups is 1. The van der Waals surface area contributed by atoms with Crippen LogP contribution in [0.4, 0.5) is 0 Å². The van der Waals surface area contributed by atoms with Crippen molar-refractivity contribution in [2.75, 3.05) is 31.1 Å². The van der Waals surface area contributed by atoms with Crippen LogP contribution >= 0.6 is 11.8 Å². The SMILES string of the molecule is O=C(O)c1cccc(CNCC2(N3CCSCC3)CCCCC2)c1. The maximum atomic E-state index is 11.1. The molecule has 0 aromatic heterocycles. The van der Waals surface area contributed by atoms with Crippen LogP contribution in [0.15, 0.2) is 24.3 Å². The van der Waals surface area contributed by atoms with E-state index in [1.807, 2.05) is 12.1 Å². The smallest absolute Gasteiger partial charge is 0.335 e. The molecule has 1 heterocycles. The van der Waals surface area contributed by atoms with Crippen LogP contribution in [0, 0.1) is 0 Å². The molecule has 2 N–H and O–H groups in total. The van der Waals surface area contributed by atoms with Crippen molar-refractivity contribution in [1.82, 2.24) is 10.2 Å². The summed E-state index contributed by atoms with van der Waals surface area (Å²) in [5, 5.41) is 12.8. The fourth-order valence-corrected chi connectivity index (χ4v) is 5.01. The number of hydrogen-bond donors (Lipinski definition) is 2. The highest BCUT2D eigenvalue weighted by Crippen LogP contribution is 2.34. The lowest BCUT2D eigenvalue weighted by Crippen LogP contribution is -2.58. The molecule has 0 spiro atoms. The number of carboxylic acid groups (broad SMARTS) is 1. The van der Waals surface area contributed by atoms with E-state index in [0.717, 1.165) is 18.7 Å². The molecule has 4 nitrogen and oxygen atoms in total. The average molecular weight is 349 g/mol. The molecule has 0 bridgehead atoms. The van der Waals surface area contributed by atoms with Crippen molar-refractivity contribution in [3.63, 3.8) is 0 Å². The van der Waals surface area contributed by atoms with E-state index in [1.165, 1.54) is 56.7 Å². The average Bonchev–Trinajstić information content (AvgIpc) is 2.63. The van der Waals surface area contributed by atoms with Gasteiger partial charge in [-0.15, -0.1) is 0 Å². The van der Waals surface area contributed by atoms with Crippen LogP contribution in [-0.4, -0.2) is 52.7 Å². The molecule has 2 aliphatic rings. The Morgan fingerprint density at radius 2 is 1.96 bits per heavy atom. The van der Waals surface area contributed by atoms with E-state index < -0.39 is 5.97 Å². The Morgan fingerprint density at radius 1 is 1.21 bits per heavy atom. The number of nitrogens with zero attached hydrogens (tertiary/aromatic N) is 1. The summed E-state index contributed by atoms with van der Waals surface area (Å²) in [5.41, 5.74) is 1.73. The van der Waals surface area contributed by atoms with E-state index in [0.29, 0.717) is 11.1 Å². The normalized spacial score (nSPS) is 21.5. The van der Waals surface area contributed by atoms with Crippen LogP contribution in [0.25, 0.3) is 0 Å². The molecule has 3 rings (SSSR count). The van der Waals surface area contributed by atoms with Crippen molar-refractivity contribution in [1.29, 1.82) is 0 Å². The zero-order chi connectivity index (χ0) is 16.8. The molecule has 1 aliphatic carbocycles. The number of rotatable bonds is 6. The third-order valence-corrected chi connectivity index (χ3v) is 6.37.